The van der Waals surface area contributed by atoms with Crippen LogP contribution in [0.4, 0.5) is 0 Å². The molecular formula is C16H30N2O. The van der Waals surface area contributed by atoms with E-state index in [0.717, 1.165) is 19.3 Å². The molecule has 1 amide bonds. The molecule has 1 saturated carbocycles. The number of hydrogen-bond donors (Lipinski definition) is 1. The van der Waals surface area contributed by atoms with Crippen LogP contribution < -0.4 is 5.32 Å². The summed E-state index contributed by atoms with van der Waals surface area (Å²) in [6.07, 6.45) is 5.89. The molecule has 0 spiro atoms. The molecular weight excluding hydrogens is 236 g/mol. The van der Waals surface area contributed by atoms with Gasteiger partial charge in [0, 0.05) is 6.04 Å². The van der Waals surface area contributed by atoms with Gasteiger partial charge < -0.3 is 4.90 Å². The van der Waals surface area contributed by atoms with Gasteiger partial charge in [0.05, 0.1) is 12.2 Å². The highest BCUT2D eigenvalue weighted by Crippen LogP contribution is 2.41. The number of amides is 1. The first-order valence-electron chi connectivity index (χ1n) is 7.98. The number of rotatable bonds is 4. The summed E-state index contributed by atoms with van der Waals surface area (Å²) in [5.41, 5.74) is 0.400. The number of nitrogens with one attached hydrogen (secondary N) is 1. The molecule has 0 aromatic carbocycles. The van der Waals surface area contributed by atoms with Crippen molar-refractivity contribution < 1.29 is 4.79 Å². The van der Waals surface area contributed by atoms with Gasteiger partial charge in [0.25, 0.3) is 0 Å². The highest BCUT2D eigenvalue weighted by molar-refractivity contribution is 5.85. The summed E-state index contributed by atoms with van der Waals surface area (Å²) in [5.74, 6) is 0.782. The first-order valence-corrected chi connectivity index (χ1v) is 7.98. The molecule has 1 aliphatic heterocycles. The van der Waals surface area contributed by atoms with Crippen molar-refractivity contribution in [2.24, 2.45) is 11.3 Å². The average Bonchev–Trinajstić information content (AvgIpc) is 2.88. The minimum absolute atomic E-state index is 0.0404. The quantitative estimate of drug-likeness (QED) is 0.848. The lowest BCUT2D eigenvalue weighted by Gasteiger charge is -2.30. The minimum Gasteiger partial charge on any atom is -0.323 e. The second-order valence-electron chi connectivity index (χ2n) is 7.26. The van der Waals surface area contributed by atoms with Crippen LogP contribution in [0.3, 0.4) is 0 Å². The summed E-state index contributed by atoms with van der Waals surface area (Å²) in [6, 6.07) is 0.493. The Bertz CT molecular complexity index is 340. The van der Waals surface area contributed by atoms with Crippen LogP contribution in [-0.4, -0.2) is 29.1 Å². The number of hydrogen-bond acceptors (Lipinski definition) is 2. The molecule has 2 fully saturated rings. The van der Waals surface area contributed by atoms with Crippen LogP contribution in [-0.2, 0) is 4.79 Å². The Balaban J connectivity index is 2.13. The molecule has 19 heavy (non-hydrogen) atoms. The molecule has 2 aliphatic rings. The molecule has 3 heteroatoms. The van der Waals surface area contributed by atoms with Crippen LogP contribution in [0, 0.1) is 11.3 Å². The van der Waals surface area contributed by atoms with Crippen molar-refractivity contribution in [3.8, 4) is 0 Å². The van der Waals surface area contributed by atoms with E-state index in [0.29, 0.717) is 23.3 Å². The van der Waals surface area contributed by atoms with Crippen LogP contribution >= 0.6 is 0 Å². The first-order chi connectivity index (χ1) is 8.89. The molecule has 3 nitrogen and oxygen atoms in total. The van der Waals surface area contributed by atoms with Gasteiger partial charge >= 0.3 is 0 Å². The van der Waals surface area contributed by atoms with Crippen LogP contribution in [0.1, 0.15) is 66.7 Å². The SMILES string of the molecule is CCC(C)C1NC(CC)N(C2CCC(C)(C)C2)C1=O. The number of carbonyl (C=O) groups is 1. The number of carbonyl (C=O) groups excluding carboxylic acids is 1. The molecule has 4 unspecified atom stereocenters. The van der Waals surface area contributed by atoms with Gasteiger partial charge in [-0.15, -0.1) is 0 Å². The van der Waals surface area contributed by atoms with E-state index in [1.54, 1.807) is 0 Å². The standard InChI is InChI=1S/C16H30N2O/c1-6-11(3)14-15(19)18(13(7-2)17-14)12-8-9-16(4,5)10-12/h11-14,17H,6-10H2,1-5H3. The summed E-state index contributed by atoms with van der Waals surface area (Å²) >= 11 is 0. The lowest BCUT2D eigenvalue weighted by Crippen LogP contribution is -2.43. The molecule has 110 valence electrons. The van der Waals surface area contributed by atoms with E-state index in [-0.39, 0.29) is 12.2 Å². The van der Waals surface area contributed by atoms with Crippen molar-refractivity contribution in [1.29, 1.82) is 0 Å². The maximum Gasteiger partial charge on any atom is 0.241 e. The summed E-state index contributed by atoms with van der Waals surface area (Å²) < 4.78 is 0. The van der Waals surface area contributed by atoms with E-state index in [4.69, 9.17) is 0 Å². The van der Waals surface area contributed by atoms with Gasteiger partial charge in [-0.1, -0.05) is 41.0 Å². The van der Waals surface area contributed by atoms with Crippen molar-refractivity contribution in [2.45, 2.75) is 85.0 Å². The Morgan fingerprint density at radius 2 is 2.11 bits per heavy atom. The van der Waals surface area contributed by atoms with Crippen molar-refractivity contribution in [3.05, 3.63) is 0 Å². The molecule has 1 aliphatic carbocycles. The van der Waals surface area contributed by atoms with E-state index < -0.39 is 0 Å². The molecule has 4 atom stereocenters. The summed E-state index contributed by atoms with van der Waals surface area (Å²) in [7, 11) is 0. The van der Waals surface area contributed by atoms with Crippen LogP contribution in [0.2, 0.25) is 0 Å². The van der Waals surface area contributed by atoms with Gasteiger partial charge in [0.1, 0.15) is 0 Å². The van der Waals surface area contributed by atoms with E-state index in [9.17, 15) is 4.79 Å². The van der Waals surface area contributed by atoms with Gasteiger partial charge in [-0.3, -0.25) is 10.1 Å². The largest absolute Gasteiger partial charge is 0.323 e. The fraction of sp³-hybridized carbons (Fsp3) is 0.938. The topological polar surface area (TPSA) is 32.3 Å². The Labute approximate surface area is 118 Å². The highest BCUT2D eigenvalue weighted by atomic mass is 16.2. The Morgan fingerprint density at radius 3 is 2.58 bits per heavy atom. The Hall–Kier alpha value is -0.570. The summed E-state index contributed by atoms with van der Waals surface area (Å²) in [4.78, 5) is 14.9. The van der Waals surface area contributed by atoms with E-state index >= 15 is 0 Å². The van der Waals surface area contributed by atoms with Gasteiger partial charge in [-0.05, 0) is 37.0 Å². The fourth-order valence-corrected chi connectivity index (χ4v) is 3.70. The zero-order chi connectivity index (χ0) is 14.2. The second-order valence-corrected chi connectivity index (χ2v) is 7.26. The van der Waals surface area contributed by atoms with Crippen molar-refractivity contribution >= 4 is 5.91 Å². The zero-order valence-electron chi connectivity index (χ0n) is 13.2. The molecule has 0 bridgehead atoms. The van der Waals surface area contributed by atoms with E-state index in [1.165, 1.54) is 12.8 Å². The van der Waals surface area contributed by atoms with Gasteiger partial charge in [-0.2, -0.15) is 0 Å². The third kappa shape index (κ3) is 2.81. The fourth-order valence-electron chi connectivity index (χ4n) is 3.70. The predicted octanol–water partition coefficient (Wildman–Crippen LogP) is 3.15. The Kier molecular flexibility index (Phi) is 4.24. The molecule has 0 radical (unpaired) electrons. The molecule has 1 N–H and O–H groups in total. The summed E-state index contributed by atoms with van der Waals surface area (Å²) in [6.45, 7) is 11.2. The molecule has 2 rings (SSSR count). The maximum atomic E-state index is 12.7. The van der Waals surface area contributed by atoms with Crippen molar-refractivity contribution in [1.82, 2.24) is 10.2 Å². The average molecular weight is 266 g/mol. The van der Waals surface area contributed by atoms with Crippen molar-refractivity contribution in [2.75, 3.05) is 0 Å². The maximum absolute atomic E-state index is 12.7. The van der Waals surface area contributed by atoms with Crippen LogP contribution in [0.15, 0.2) is 0 Å². The second kappa shape index (κ2) is 5.43. The van der Waals surface area contributed by atoms with Crippen LogP contribution in [0.25, 0.3) is 0 Å². The molecule has 1 heterocycles. The van der Waals surface area contributed by atoms with E-state index in [1.807, 2.05) is 0 Å². The molecule has 0 aromatic heterocycles. The monoisotopic (exact) mass is 266 g/mol. The van der Waals surface area contributed by atoms with Gasteiger partial charge in [0.15, 0.2) is 0 Å². The van der Waals surface area contributed by atoms with Gasteiger partial charge in [0.2, 0.25) is 5.91 Å². The van der Waals surface area contributed by atoms with Gasteiger partial charge in [-0.25, -0.2) is 0 Å². The van der Waals surface area contributed by atoms with Crippen LogP contribution in [0.5, 0.6) is 0 Å². The smallest absolute Gasteiger partial charge is 0.241 e. The van der Waals surface area contributed by atoms with E-state index in [2.05, 4.69) is 44.8 Å². The molecule has 1 saturated heterocycles. The normalized spacial score (nSPS) is 35.9. The molecule has 0 aromatic rings. The third-order valence-electron chi connectivity index (χ3n) is 5.16. The summed E-state index contributed by atoms with van der Waals surface area (Å²) in [5, 5.41) is 3.57. The number of nitrogens with zero attached hydrogens (tertiary/aromatic N) is 1. The lowest BCUT2D eigenvalue weighted by molar-refractivity contribution is -0.133. The minimum atomic E-state index is 0.0404. The predicted molar refractivity (Wildman–Crippen MR) is 78.7 cm³/mol. The lowest BCUT2D eigenvalue weighted by atomic mass is 9.91. The van der Waals surface area contributed by atoms with Crippen molar-refractivity contribution in [3.63, 3.8) is 0 Å². The Morgan fingerprint density at radius 1 is 1.42 bits per heavy atom. The zero-order valence-corrected chi connectivity index (χ0v) is 13.2. The highest BCUT2D eigenvalue weighted by Gasteiger charge is 2.46. The third-order valence-corrected chi connectivity index (χ3v) is 5.16. The first kappa shape index (κ1) is 14.8.